The summed E-state index contributed by atoms with van der Waals surface area (Å²) < 4.78 is 0. The molecule has 0 radical (unpaired) electrons. The van der Waals surface area contributed by atoms with Gasteiger partial charge < -0.3 is 16.0 Å². The number of nitrogens with one attached hydrogen (secondary N) is 1. The molecule has 0 aromatic carbocycles. The first kappa shape index (κ1) is 16.8. The van der Waals surface area contributed by atoms with Crippen molar-refractivity contribution in [2.45, 2.75) is 38.1 Å². The number of amides is 3. The van der Waals surface area contributed by atoms with E-state index in [4.69, 9.17) is 5.73 Å². The first-order valence-electron chi connectivity index (χ1n) is 6.76. The van der Waals surface area contributed by atoms with Crippen molar-refractivity contribution in [1.29, 1.82) is 0 Å². The van der Waals surface area contributed by atoms with Gasteiger partial charge >= 0.3 is 0 Å². The van der Waals surface area contributed by atoms with Crippen LogP contribution in [0.5, 0.6) is 0 Å². The second kappa shape index (κ2) is 7.52. The molecule has 1 saturated heterocycles. The molecular weight excluding hydrogens is 278 g/mol. The van der Waals surface area contributed by atoms with Crippen molar-refractivity contribution in [1.82, 2.24) is 10.2 Å². The van der Waals surface area contributed by atoms with Gasteiger partial charge in [-0.1, -0.05) is 0 Å². The van der Waals surface area contributed by atoms with Gasteiger partial charge in [0.25, 0.3) is 0 Å². The highest BCUT2D eigenvalue weighted by Crippen LogP contribution is 2.39. The molecule has 3 unspecified atom stereocenters. The number of rotatable bonds is 6. The van der Waals surface area contributed by atoms with E-state index in [0.717, 1.165) is 18.6 Å². The molecular formula is C13H23N3O3S. The maximum Gasteiger partial charge on any atom is 0.226 e. The van der Waals surface area contributed by atoms with E-state index in [1.807, 2.05) is 13.8 Å². The van der Waals surface area contributed by atoms with E-state index >= 15 is 0 Å². The zero-order valence-electron chi connectivity index (χ0n) is 12.2. The van der Waals surface area contributed by atoms with Gasteiger partial charge in [0.1, 0.15) is 0 Å². The molecule has 20 heavy (non-hydrogen) atoms. The summed E-state index contributed by atoms with van der Waals surface area (Å²) in [4.78, 5) is 36.4. The maximum absolute atomic E-state index is 12.2. The van der Waals surface area contributed by atoms with Crippen molar-refractivity contribution in [2.75, 3.05) is 12.8 Å². The predicted molar refractivity (Wildman–Crippen MR) is 78.8 cm³/mol. The van der Waals surface area contributed by atoms with Crippen molar-refractivity contribution in [3.63, 3.8) is 0 Å². The second-order valence-corrected chi connectivity index (χ2v) is 6.49. The average Bonchev–Trinajstić information content (AvgIpc) is 2.38. The first-order valence-corrected chi connectivity index (χ1v) is 7.81. The molecule has 3 N–H and O–H groups in total. The molecule has 0 saturated carbocycles. The first-order chi connectivity index (χ1) is 9.42. The van der Waals surface area contributed by atoms with E-state index in [0.29, 0.717) is 0 Å². The fraction of sp³-hybridized carbons (Fsp3) is 0.769. The summed E-state index contributed by atoms with van der Waals surface area (Å²) in [7, 11) is 1.57. The summed E-state index contributed by atoms with van der Waals surface area (Å²) in [5, 5.41) is 2.39. The molecule has 1 rings (SSSR count). The standard InChI is InChI=1S/C13H23N3O3S/c1-8(2)16(7-17)13-11(12(19)15-3)9(4-5-20-13)6-10(14)18/h7-9,11,13H,4-6H2,1-3H3,(H2,14,18)(H,15,19). The molecule has 0 aromatic rings. The Morgan fingerprint density at radius 3 is 2.60 bits per heavy atom. The SMILES string of the molecule is CNC(=O)C1C(CC(N)=O)CCSC1N(C=O)C(C)C. The lowest BCUT2D eigenvalue weighted by molar-refractivity contribution is -0.131. The van der Waals surface area contributed by atoms with Crippen LogP contribution in [0.2, 0.25) is 0 Å². The molecule has 0 aliphatic carbocycles. The molecule has 6 nitrogen and oxygen atoms in total. The highest BCUT2D eigenvalue weighted by Gasteiger charge is 2.42. The number of nitrogens with zero attached hydrogens (tertiary/aromatic N) is 1. The van der Waals surface area contributed by atoms with Gasteiger partial charge in [-0.2, -0.15) is 0 Å². The van der Waals surface area contributed by atoms with Crippen LogP contribution in [0, 0.1) is 11.8 Å². The number of nitrogens with two attached hydrogens (primary N) is 1. The molecule has 114 valence electrons. The van der Waals surface area contributed by atoms with Gasteiger partial charge in [-0.05, 0) is 31.9 Å². The summed E-state index contributed by atoms with van der Waals surface area (Å²) in [6.07, 6.45) is 1.72. The molecule has 0 spiro atoms. The van der Waals surface area contributed by atoms with Crippen LogP contribution in [0.3, 0.4) is 0 Å². The largest absolute Gasteiger partial charge is 0.370 e. The van der Waals surface area contributed by atoms with Gasteiger partial charge in [0.2, 0.25) is 18.2 Å². The minimum atomic E-state index is -0.406. The van der Waals surface area contributed by atoms with Crippen LogP contribution in [0.1, 0.15) is 26.7 Å². The zero-order chi connectivity index (χ0) is 15.3. The zero-order valence-corrected chi connectivity index (χ0v) is 13.0. The summed E-state index contributed by atoms with van der Waals surface area (Å²) in [5.74, 6) is -0.246. The van der Waals surface area contributed by atoms with Gasteiger partial charge in [0, 0.05) is 19.5 Å². The minimum Gasteiger partial charge on any atom is -0.370 e. The highest BCUT2D eigenvalue weighted by atomic mass is 32.2. The van der Waals surface area contributed by atoms with Crippen LogP contribution >= 0.6 is 11.8 Å². The summed E-state index contributed by atoms with van der Waals surface area (Å²) in [6, 6.07) is 0.00415. The van der Waals surface area contributed by atoms with E-state index in [2.05, 4.69) is 5.32 Å². The lowest BCUT2D eigenvalue weighted by Crippen LogP contribution is -2.52. The van der Waals surface area contributed by atoms with Crippen molar-refractivity contribution >= 4 is 30.0 Å². The van der Waals surface area contributed by atoms with Crippen molar-refractivity contribution < 1.29 is 14.4 Å². The van der Waals surface area contributed by atoms with Gasteiger partial charge in [-0.3, -0.25) is 14.4 Å². The molecule has 3 amide bonds. The third-order valence-electron chi connectivity index (χ3n) is 3.62. The van der Waals surface area contributed by atoms with E-state index in [9.17, 15) is 14.4 Å². The topological polar surface area (TPSA) is 92.5 Å². The number of hydrogen-bond donors (Lipinski definition) is 2. The normalized spacial score (nSPS) is 26.1. The lowest BCUT2D eigenvalue weighted by atomic mass is 9.84. The fourth-order valence-corrected chi connectivity index (χ4v) is 4.30. The third-order valence-corrected chi connectivity index (χ3v) is 4.97. The number of carbonyl (C=O) groups excluding carboxylic acids is 3. The van der Waals surface area contributed by atoms with E-state index in [1.165, 1.54) is 0 Å². The minimum absolute atomic E-state index is 0.00415. The molecule has 1 fully saturated rings. The molecule has 3 atom stereocenters. The predicted octanol–water partition coefficient (Wildman–Crippen LogP) is 0.170. The maximum atomic E-state index is 12.2. The molecule has 0 aromatic heterocycles. The Morgan fingerprint density at radius 2 is 2.15 bits per heavy atom. The molecule has 1 aliphatic heterocycles. The van der Waals surface area contributed by atoms with Crippen LogP contribution < -0.4 is 11.1 Å². The average molecular weight is 301 g/mol. The Labute approximate surface area is 123 Å². The van der Waals surface area contributed by atoms with Crippen molar-refractivity contribution in [2.24, 2.45) is 17.6 Å². The third kappa shape index (κ3) is 3.88. The molecule has 1 aliphatic rings. The van der Waals surface area contributed by atoms with Crippen LogP contribution in [0.15, 0.2) is 0 Å². The Balaban J connectivity index is 3.03. The number of hydrogen-bond acceptors (Lipinski definition) is 4. The quantitative estimate of drug-likeness (QED) is 0.684. The van der Waals surface area contributed by atoms with Gasteiger partial charge in [-0.15, -0.1) is 11.8 Å². The van der Waals surface area contributed by atoms with Crippen molar-refractivity contribution in [3.8, 4) is 0 Å². The van der Waals surface area contributed by atoms with Crippen LogP contribution in [0.4, 0.5) is 0 Å². The van der Waals surface area contributed by atoms with Gasteiger partial charge in [-0.25, -0.2) is 0 Å². The summed E-state index contributed by atoms with van der Waals surface area (Å²) in [6.45, 7) is 3.82. The Kier molecular flexibility index (Phi) is 6.32. The second-order valence-electron chi connectivity index (χ2n) is 5.27. The number of carbonyl (C=O) groups is 3. The fourth-order valence-electron chi connectivity index (χ4n) is 2.60. The monoisotopic (exact) mass is 301 g/mol. The lowest BCUT2D eigenvalue weighted by Gasteiger charge is -2.42. The van der Waals surface area contributed by atoms with Gasteiger partial charge in [0.15, 0.2) is 0 Å². The van der Waals surface area contributed by atoms with E-state index in [1.54, 1.807) is 23.7 Å². The van der Waals surface area contributed by atoms with E-state index in [-0.39, 0.29) is 29.7 Å². The Hall–Kier alpha value is -1.24. The molecule has 7 heteroatoms. The van der Waals surface area contributed by atoms with Crippen LogP contribution in [-0.4, -0.2) is 47.3 Å². The Bertz CT molecular complexity index is 376. The van der Waals surface area contributed by atoms with Crippen LogP contribution in [0.25, 0.3) is 0 Å². The smallest absolute Gasteiger partial charge is 0.226 e. The van der Waals surface area contributed by atoms with Gasteiger partial charge in [0.05, 0.1) is 11.3 Å². The number of primary amides is 1. The molecule has 0 bridgehead atoms. The summed E-state index contributed by atoms with van der Waals surface area (Å²) in [5.41, 5.74) is 5.28. The van der Waals surface area contributed by atoms with Crippen molar-refractivity contribution in [3.05, 3.63) is 0 Å². The summed E-state index contributed by atoms with van der Waals surface area (Å²) >= 11 is 1.59. The van der Waals surface area contributed by atoms with E-state index < -0.39 is 11.8 Å². The Morgan fingerprint density at radius 1 is 1.50 bits per heavy atom. The van der Waals surface area contributed by atoms with Crippen LogP contribution in [-0.2, 0) is 14.4 Å². The highest BCUT2D eigenvalue weighted by molar-refractivity contribution is 7.99. The number of thioether (sulfide) groups is 1. The molecule has 1 heterocycles.